The molecule has 0 saturated carbocycles. The van der Waals surface area contributed by atoms with Crippen molar-refractivity contribution in [3.05, 3.63) is 48.0 Å². The minimum absolute atomic E-state index is 0.567. The second-order valence-electron chi connectivity index (χ2n) is 3.62. The number of nitrogen functional groups attached to an aromatic ring is 1. The van der Waals surface area contributed by atoms with Gasteiger partial charge >= 0.3 is 0 Å². The van der Waals surface area contributed by atoms with Gasteiger partial charge in [0, 0.05) is 10.6 Å². The van der Waals surface area contributed by atoms with E-state index in [9.17, 15) is 0 Å². The third-order valence-electron chi connectivity index (χ3n) is 2.43. The van der Waals surface area contributed by atoms with E-state index in [1.54, 1.807) is 19.2 Å². The Morgan fingerprint density at radius 1 is 1.17 bits per heavy atom. The van der Waals surface area contributed by atoms with Crippen LogP contribution in [0.5, 0.6) is 5.75 Å². The molecule has 18 heavy (non-hydrogen) atoms. The average molecular weight is 256 g/mol. The highest BCUT2D eigenvalue weighted by molar-refractivity contribution is 7.99. The van der Waals surface area contributed by atoms with Gasteiger partial charge in [0.2, 0.25) is 0 Å². The van der Waals surface area contributed by atoms with E-state index in [2.05, 4.69) is 6.07 Å². The van der Waals surface area contributed by atoms with Gasteiger partial charge in [-0.15, -0.1) is 0 Å². The molecule has 0 saturated heterocycles. The number of anilines is 1. The topological polar surface area (TPSA) is 59.0 Å². The first kappa shape index (κ1) is 12.3. The molecule has 0 fully saturated rings. The highest BCUT2D eigenvalue weighted by atomic mass is 32.2. The fourth-order valence-electron chi connectivity index (χ4n) is 1.53. The molecule has 3 nitrogen and oxygen atoms in total. The van der Waals surface area contributed by atoms with Crippen molar-refractivity contribution in [3.63, 3.8) is 0 Å². The molecule has 0 aliphatic carbocycles. The van der Waals surface area contributed by atoms with Crippen molar-refractivity contribution in [1.29, 1.82) is 5.26 Å². The fourth-order valence-corrected chi connectivity index (χ4v) is 2.48. The molecule has 0 spiro atoms. The molecule has 0 amide bonds. The van der Waals surface area contributed by atoms with Crippen molar-refractivity contribution in [2.75, 3.05) is 12.8 Å². The summed E-state index contributed by atoms with van der Waals surface area (Å²) >= 11 is 1.53. The monoisotopic (exact) mass is 256 g/mol. The van der Waals surface area contributed by atoms with Crippen LogP contribution < -0.4 is 10.5 Å². The van der Waals surface area contributed by atoms with Crippen molar-refractivity contribution in [2.45, 2.75) is 9.79 Å². The number of nitrogens with two attached hydrogens (primary N) is 1. The number of benzene rings is 2. The molecule has 0 bridgehead atoms. The van der Waals surface area contributed by atoms with E-state index < -0.39 is 0 Å². The molecular formula is C14H12N2OS. The van der Waals surface area contributed by atoms with E-state index in [-0.39, 0.29) is 0 Å². The summed E-state index contributed by atoms with van der Waals surface area (Å²) in [5, 5.41) is 8.79. The molecule has 0 atom stereocenters. The SMILES string of the molecule is COc1ccccc1Sc1ccc(C#N)cc1N. The number of rotatable bonds is 3. The number of hydrogen-bond acceptors (Lipinski definition) is 4. The maximum atomic E-state index is 8.79. The van der Waals surface area contributed by atoms with Crippen molar-refractivity contribution in [2.24, 2.45) is 0 Å². The molecule has 4 heteroatoms. The lowest BCUT2D eigenvalue weighted by Crippen LogP contribution is -1.91. The Labute approximate surface area is 110 Å². The standard InChI is InChI=1S/C14H12N2OS/c1-17-12-4-2-3-5-14(12)18-13-7-6-10(9-15)8-11(13)16/h2-8H,16H2,1H3. The predicted molar refractivity (Wildman–Crippen MR) is 72.7 cm³/mol. The largest absolute Gasteiger partial charge is 0.496 e. The lowest BCUT2D eigenvalue weighted by molar-refractivity contribution is 0.405. The molecule has 0 aromatic heterocycles. The van der Waals surface area contributed by atoms with Crippen molar-refractivity contribution < 1.29 is 4.74 Å². The van der Waals surface area contributed by atoms with Gasteiger partial charge in [-0.1, -0.05) is 23.9 Å². The van der Waals surface area contributed by atoms with E-state index in [0.717, 1.165) is 15.5 Å². The van der Waals surface area contributed by atoms with Gasteiger partial charge in [0.25, 0.3) is 0 Å². The van der Waals surface area contributed by atoms with Gasteiger partial charge in [-0.05, 0) is 30.3 Å². The summed E-state index contributed by atoms with van der Waals surface area (Å²) in [6.07, 6.45) is 0. The van der Waals surface area contributed by atoms with E-state index in [4.69, 9.17) is 15.7 Å². The van der Waals surface area contributed by atoms with Crippen LogP contribution in [0.25, 0.3) is 0 Å². The number of ether oxygens (including phenoxy) is 1. The van der Waals surface area contributed by atoms with Crippen molar-refractivity contribution in [1.82, 2.24) is 0 Å². The molecule has 0 aliphatic rings. The van der Waals surface area contributed by atoms with Crippen LogP contribution in [0, 0.1) is 11.3 Å². The molecular weight excluding hydrogens is 244 g/mol. The first-order chi connectivity index (χ1) is 8.74. The highest BCUT2D eigenvalue weighted by Gasteiger charge is 2.07. The molecule has 0 aliphatic heterocycles. The molecule has 2 aromatic rings. The van der Waals surface area contributed by atoms with E-state index in [1.807, 2.05) is 30.3 Å². The summed E-state index contributed by atoms with van der Waals surface area (Å²) in [5.41, 5.74) is 7.09. The first-order valence-corrected chi connectivity index (χ1v) is 6.16. The van der Waals surface area contributed by atoms with Crippen molar-refractivity contribution >= 4 is 17.4 Å². The second-order valence-corrected chi connectivity index (χ2v) is 4.70. The number of nitrogens with zero attached hydrogens (tertiary/aromatic N) is 1. The van der Waals surface area contributed by atoms with Crippen LogP contribution in [0.3, 0.4) is 0 Å². The Morgan fingerprint density at radius 3 is 2.61 bits per heavy atom. The number of methoxy groups -OCH3 is 1. The lowest BCUT2D eigenvalue weighted by Gasteiger charge is -2.09. The molecule has 0 heterocycles. The van der Waals surface area contributed by atoms with Crippen LogP contribution in [0.15, 0.2) is 52.3 Å². The minimum Gasteiger partial charge on any atom is -0.496 e. The Hall–Kier alpha value is -2.12. The summed E-state index contributed by atoms with van der Waals surface area (Å²) in [6.45, 7) is 0. The number of para-hydroxylation sites is 1. The third-order valence-corrected chi connectivity index (χ3v) is 3.58. The Morgan fingerprint density at radius 2 is 1.94 bits per heavy atom. The normalized spacial score (nSPS) is 9.78. The van der Waals surface area contributed by atoms with Gasteiger partial charge in [0.05, 0.1) is 23.6 Å². The van der Waals surface area contributed by atoms with Crippen LogP contribution in [0.4, 0.5) is 5.69 Å². The molecule has 0 unspecified atom stereocenters. The lowest BCUT2D eigenvalue weighted by atomic mass is 10.2. The van der Waals surface area contributed by atoms with Crippen LogP contribution in [0.1, 0.15) is 5.56 Å². The van der Waals surface area contributed by atoms with Crippen molar-refractivity contribution in [3.8, 4) is 11.8 Å². The van der Waals surface area contributed by atoms with Crippen LogP contribution >= 0.6 is 11.8 Å². The fraction of sp³-hybridized carbons (Fsp3) is 0.0714. The second kappa shape index (κ2) is 5.48. The highest BCUT2D eigenvalue weighted by Crippen LogP contribution is 2.37. The Kier molecular flexibility index (Phi) is 3.75. The van der Waals surface area contributed by atoms with Gasteiger partial charge in [-0.3, -0.25) is 0 Å². The Bertz CT molecular complexity index is 605. The summed E-state index contributed by atoms with van der Waals surface area (Å²) in [6, 6.07) is 15.1. The zero-order valence-corrected chi connectivity index (χ0v) is 10.7. The predicted octanol–water partition coefficient (Wildman–Crippen LogP) is 3.30. The van der Waals surface area contributed by atoms with Gasteiger partial charge in [-0.2, -0.15) is 5.26 Å². The maximum absolute atomic E-state index is 8.79. The number of hydrogen-bond donors (Lipinski definition) is 1. The van der Waals surface area contributed by atoms with Crippen LogP contribution in [-0.4, -0.2) is 7.11 Å². The summed E-state index contributed by atoms with van der Waals surface area (Å²) in [7, 11) is 1.64. The summed E-state index contributed by atoms with van der Waals surface area (Å²) in [5.74, 6) is 0.811. The van der Waals surface area contributed by atoms with Gasteiger partial charge in [-0.25, -0.2) is 0 Å². The third kappa shape index (κ3) is 2.58. The van der Waals surface area contributed by atoms with Gasteiger partial charge in [0.1, 0.15) is 5.75 Å². The van der Waals surface area contributed by atoms with Gasteiger partial charge < -0.3 is 10.5 Å². The van der Waals surface area contributed by atoms with E-state index >= 15 is 0 Å². The van der Waals surface area contributed by atoms with E-state index in [1.165, 1.54) is 11.8 Å². The smallest absolute Gasteiger partial charge is 0.132 e. The first-order valence-electron chi connectivity index (χ1n) is 5.35. The number of nitriles is 1. The Balaban J connectivity index is 2.32. The molecule has 2 aromatic carbocycles. The molecule has 2 rings (SSSR count). The summed E-state index contributed by atoms with van der Waals surface area (Å²) < 4.78 is 5.29. The zero-order chi connectivity index (χ0) is 13.0. The zero-order valence-electron chi connectivity index (χ0n) is 9.88. The molecule has 0 radical (unpaired) electrons. The average Bonchev–Trinajstić information content (AvgIpc) is 2.41. The minimum atomic E-state index is 0.567. The maximum Gasteiger partial charge on any atom is 0.132 e. The van der Waals surface area contributed by atoms with E-state index in [0.29, 0.717) is 11.3 Å². The molecule has 2 N–H and O–H groups in total. The van der Waals surface area contributed by atoms with Crippen LogP contribution in [-0.2, 0) is 0 Å². The molecule has 90 valence electrons. The summed E-state index contributed by atoms with van der Waals surface area (Å²) in [4.78, 5) is 1.91. The quantitative estimate of drug-likeness (QED) is 0.856. The van der Waals surface area contributed by atoms with Crippen LogP contribution in [0.2, 0.25) is 0 Å². The van der Waals surface area contributed by atoms with Gasteiger partial charge in [0.15, 0.2) is 0 Å².